The summed E-state index contributed by atoms with van der Waals surface area (Å²) in [5, 5.41) is 23.8. The smallest absolute Gasteiger partial charge is 0.276 e. The van der Waals surface area contributed by atoms with Crippen molar-refractivity contribution >= 4 is 23.9 Å². The van der Waals surface area contributed by atoms with Crippen LogP contribution in [0.2, 0.25) is 0 Å². The van der Waals surface area contributed by atoms with E-state index in [0.29, 0.717) is 5.56 Å². The number of nitro groups is 1. The van der Waals surface area contributed by atoms with Gasteiger partial charge in [-0.25, -0.2) is 5.43 Å². The second-order valence-corrected chi connectivity index (χ2v) is 4.44. The van der Waals surface area contributed by atoms with Crippen molar-refractivity contribution < 1.29 is 14.8 Å². The van der Waals surface area contributed by atoms with Gasteiger partial charge in [-0.05, 0) is 36.4 Å². The monoisotopic (exact) mass is 311 g/mol. The third kappa shape index (κ3) is 4.50. The third-order valence-electron chi connectivity index (χ3n) is 2.84. The van der Waals surface area contributed by atoms with E-state index < -0.39 is 10.8 Å². The molecule has 2 aromatic carbocycles. The van der Waals surface area contributed by atoms with Crippen molar-refractivity contribution in [2.75, 3.05) is 0 Å². The van der Waals surface area contributed by atoms with E-state index in [1.54, 1.807) is 24.3 Å². The van der Waals surface area contributed by atoms with E-state index in [9.17, 15) is 20.0 Å². The molecule has 0 heterocycles. The van der Waals surface area contributed by atoms with Crippen LogP contribution in [0.1, 0.15) is 15.9 Å². The zero-order valence-electron chi connectivity index (χ0n) is 11.9. The number of amides is 1. The molecule has 0 spiro atoms. The van der Waals surface area contributed by atoms with Gasteiger partial charge in [-0.15, -0.1) is 0 Å². The summed E-state index contributed by atoms with van der Waals surface area (Å²) in [5.41, 5.74) is 2.97. The molecule has 0 saturated carbocycles. The van der Waals surface area contributed by atoms with Crippen LogP contribution in [0.4, 0.5) is 5.69 Å². The molecule has 0 radical (unpaired) electrons. The second kappa shape index (κ2) is 7.51. The number of hydrazone groups is 1. The number of phenols is 1. The van der Waals surface area contributed by atoms with Gasteiger partial charge in [-0.2, -0.15) is 5.10 Å². The van der Waals surface area contributed by atoms with Gasteiger partial charge in [-0.3, -0.25) is 14.9 Å². The van der Waals surface area contributed by atoms with Crippen LogP contribution in [0.15, 0.2) is 59.7 Å². The highest BCUT2D eigenvalue weighted by Gasteiger charge is 2.08. The zero-order chi connectivity index (χ0) is 16.7. The number of nitro benzene ring substituents is 1. The largest absolute Gasteiger partial charge is 0.508 e. The number of hydrogen-bond acceptors (Lipinski definition) is 5. The molecule has 0 atom stereocenters. The zero-order valence-corrected chi connectivity index (χ0v) is 11.9. The van der Waals surface area contributed by atoms with Crippen LogP contribution < -0.4 is 5.43 Å². The van der Waals surface area contributed by atoms with Crippen molar-refractivity contribution in [2.24, 2.45) is 5.10 Å². The van der Waals surface area contributed by atoms with Crippen molar-refractivity contribution in [3.05, 3.63) is 75.8 Å². The lowest BCUT2D eigenvalue weighted by Gasteiger charge is -1.99. The fourth-order valence-electron chi connectivity index (χ4n) is 1.79. The molecule has 0 aromatic heterocycles. The SMILES string of the molecule is O=C(N/N=C\C=C\c1ccccc1[N+](=O)[O-])c1cccc(O)c1. The van der Waals surface area contributed by atoms with Crippen LogP contribution in [0.3, 0.4) is 0 Å². The molecule has 0 saturated heterocycles. The van der Waals surface area contributed by atoms with E-state index in [2.05, 4.69) is 10.5 Å². The lowest BCUT2D eigenvalue weighted by Crippen LogP contribution is -2.17. The standard InChI is InChI=1S/C16H13N3O4/c20-14-8-3-6-13(11-14)16(21)18-17-10-4-7-12-5-1-2-9-15(12)19(22)23/h1-11,20H,(H,18,21)/b7-4+,17-10-. The second-order valence-electron chi connectivity index (χ2n) is 4.44. The Balaban J connectivity index is 1.97. The number of carbonyl (C=O) groups excluding carboxylic acids is 1. The number of rotatable bonds is 5. The first-order valence-corrected chi connectivity index (χ1v) is 6.60. The van der Waals surface area contributed by atoms with Crippen LogP contribution in [0, 0.1) is 10.1 Å². The van der Waals surface area contributed by atoms with Gasteiger partial charge in [0.25, 0.3) is 11.6 Å². The van der Waals surface area contributed by atoms with Crippen LogP contribution in [0.25, 0.3) is 6.08 Å². The number of nitrogens with one attached hydrogen (secondary N) is 1. The van der Waals surface area contributed by atoms with Gasteiger partial charge >= 0.3 is 0 Å². The Labute approximate surface area is 131 Å². The fraction of sp³-hybridized carbons (Fsp3) is 0. The number of nitrogens with zero attached hydrogens (tertiary/aromatic N) is 2. The molecule has 0 fully saturated rings. The van der Waals surface area contributed by atoms with Crippen molar-refractivity contribution in [3.63, 3.8) is 0 Å². The number of phenolic OH excluding ortho intramolecular Hbond substituents is 1. The maximum Gasteiger partial charge on any atom is 0.276 e. The maximum absolute atomic E-state index is 11.7. The van der Waals surface area contributed by atoms with Gasteiger partial charge in [-0.1, -0.05) is 18.2 Å². The summed E-state index contributed by atoms with van der Waals surface area (Å²) >= 11 is 0. The van der Waals surface area contributed by atoms with Crippen molar-refractivity contribution in [1.29, 1.82) is 0 Å². The molecule has 7 nitrogen and oxygen atoms in total. The Morgan fingerprint density at radius 3 is 2.74 bits per heavy atom. The first-order valence-electron chi connectivity index (χ1n) is 6.60. The molecule has 2 N–H and O–H groups in total. The molecule has 0 aliphatic rings. The van der Waals surface area contributed by atoms with Gasteiger partial charge in [0.15, 0.2) is 0 Å². The molecule has 2 rings (SSSR count). The van der Waals surface area contributed by atoms with E-state index in [0.717, 1.165) is 0 Å². The molecule has 23 heavy (non-hydrogen) atoms. The van der Waals surface area contributed by atoms with Crippen LogP contribution >= 0.6 is 0 Å². The minimum atomic E-state index is -0.476. The van der Waals surface area contributed by atoms with E-state index in [4.69, 9.17) is 0 Å². The molecule has 7 heteroatoms. The summed E-state index contributed by atoms with van der Waals surface area (Å²) in [5.74, 6) is -0.492. The molecule has 0 bridgehead atoms. The van der Waals surface area contributed by atoms with Crippen molar-refractivity contribution in [3.8, 4) is 5.75 Å². The molecule has 2 aromatic rings. The fourth-order valence-corrected chi connectivity index (χ4v) is 1.79. The Hall–Kier alpha value is -3.48. The summed E-state index contributed by atoms with van der Waals surface area (Å²) in [6, 6.07) is 12.1. The first-order chi connectivity index (χ1) is 11.1. The van der Waals surface area contributed by atoms with E-state index in [1.807, 2.05) is 0 Å². The number of hydrogen-bond donors (Lipinski definition) is 2. The van der Waals surface area contributed by atoms with Crippen LogP contribution in [-0.4, -0.2) is 22.2 Å². The van der Waals surface area contributed by atoms with Gasteiger partial charge in [0.1, 0.15) is 5.75 Å². The van der Waals surface area contributed by atoms with Crippen LogP contribution in [0.5, 0.6) is 5.75 Å². The van der Waals surface area contributed by atoms with E-state index in [-0.39, 0.29) is 17.0 Å². The lowest BCUT2D eigenvalue weighted by atomic mass is 10.2. The topological polar surface area (TPSA) is 105 Å². The molecular formula is C16H13N3O4. The summed E-state index contributed by atoms with van der Waals surface area (Å²) in [4.78, 5) is 22.1. The predicted octanol–water partition coefficient (Wildman–Crippen LogP) is 2.73. The highest BCUT2D eigenvalue weighted by molar-refractivity contribution is 5.95. The van der Waals surface area contributed by atoms with Crippen LogP contribution in [-0.2, 0) is 0 Å². The molecule has 0 aliphatic carbocycles. The summed E-state index contributed by atoms with van der Waals surface area (Å²) in [7, 11) is 0. The quantitative estimate of drug-likeness (QED) is 0.503. The molecular weight excluding hydrogens is 298 g/mol. The molecule has 1 amide bonds. The van der Waals surface area contributed by atoms with E-state index >= 15 is 0 Å². The summed E-state index contributed by atoms with van der Waals surface area (Å²) < 4.78 is 0. The summed E-state index contributed by atoms with van der Waals surface area (Å²) in [6.45, 7) is 0. The Bertz CT molecular complexity index is 784. The third-order valence-corrected chi connectivity index (χ3v) is 2.84. The molecule has 116 valence electrons. The van der Waals surface area contributed by atoms with Gasteiger partial charge in [0.2, 0.25) is 0 Å². The average molecular weight is 311 g/mol. The maximum atomic E-state index is 11.7. The van der Waals surface area contributed by atoms with Crippen molar-refractivity contribution in [1.82, 2.24) is 5.43 Å². The molecule has 0 unspecified atom stereocenters. The normalized spacial score (nSPS) is 11.0. The number of aromatic hydroxyl groups is 1. The highest BCUT2D eigenvalue weighted by Crippen LogP contribution is 2.18. The van der Waals surface area contributed by atoms with Gasteiger partial charge < -0.3 is 5.11 Å². The highest BCUT2D eigenvalue weighted by atomic mass is 16.6. The number of para-hydroxylation sites is 1. The van der Waals surface area contributed by atoms with Crippen molar-refractivity contribution in [2.45, 2.75) is 0 Å². The molecule has 0 aliphatic heterocycles. The van der Waals surface area contributed by atoms with Gasteiger partial charge in [0.05, 0.1) is 10.5 Å². The number of allylic oxidation sites excluding steroid dienone is 1. The van der Waals surface area contributed by atoms with Gasteiger partial charge in [0, 0.05) is 17.8 Å². The minimum Gasteiger partial charge on any atom is -0.508 e. The lowest BCUT2D eigenvalue weighted by molar-refractivity contribution is -0.385. The predicted molar refractivity (Wildman–Crippen MR) is 86.2 cm³/mol. The Kier molecular flexibility index (Phi) is 5.19. The summed E-state index contributed by atoms with van der Waals surface area (Å²) in [6.07, 6.45) is 4.30. The first kappa shape index (κ1) is 15.9. The minimum absolute atomic E-state index is 0.0130. The van der Waals surface area contributed by atoms with E-state index in [1.165, 1.54) is 42.6 Å². The average Bonchev–Trinajstić information content (AvgIpc) is 2.54. The number of carbonyl (C=O) groups is 1. The number of benzene rings is 2. The Morgan fingerprint density at radius 1 is 1.22 bits per heavy atom. The Morgan fingerprint density at radius 2 is 2.00 bits per heavy atom.